The van der Waals surface area contributed by atoms with Gasteiger partial charge in [-0.05, 0) is 38.1 Å². The van der Waals surface area contributed by atoms with Crippen molar-refractivity contribution in [2.24, 2.45) is 0 Å². The molecule has 1 aromatic carbocycles. The maximum Gasteiger partial charge on any atom is 0.258 e. The summed E-state index contributed by atoms with van der Waals surface area (Å²) >= 11 is 6.02. The molecular weight excluding hydrogens is 365 g/mol. The minimum absolute atomic E-state index is 0. The quantitative estimate of drug-likeness (QED) is 0.808. The van der Waals surface area contributed by atoms with Crippen LogP contribution in [0, 0.1) is 0 Å². The molecule has 1 aliphatic heterocycles. The Kier molecular flexibility index (Phi) is 8.48. The summed E-state index contributed by atoms with van der Waals surface area (Å²) in [6.45, 7) is 1.88. The third-order valence-electron chi connectivity index (χ3n) is 4.26. The summed E-state index contributed by atoms with van der Waals surface area (Å²) in [6, 6.07) is 4.51. The Morgan fingerprint density at radius 3 is 2.80 bits per heavy atom. The van der Waals surface area contributed by atoms with Crippen LogP contribution < -0.4 is 10.1 Å². The molecule has 1 aromatic rings. The maximum atomic E-state index is 12.9. The molecule has 0 aromatic heterocycles. The van der Waals surface area contributed by atoms with Gasteiger partial charge >= 0.3 is 0 Å². The first kappa shape index (κ1) is 21.5. The van der Waals surface area contributed by atoms with Gasteiger partial charge in [-0.1, -0.05) is 11.6 Å². The van der Waals surface area contributed by atoms with E-state index in [4.69, 9.17) is 16.3 Å². The number of nitrogens with one attached hydrogen (secondary N) is 1. The van der Waals surface area contributed by atoms with Crippen LogP contribution in [0.2, 0.25) is 5.02 Å². The maximum absolute atomic E-state index is 12.9. The number of carbonyl (C=O) groups excluding carboxylic acids is 2. The van der Waals surface area contributed by atoms with Crippen molar-refractivity contribution in [1.29, 1.82) is 0 Å². The lowest BCUT2D eigenvalue weighted by Gasteiger charge is -2.28. The van der Waals surface area contributed by atoms with Crippen LogP contribution in [0.1, 0.15) is 23.2 Å². The van der Waals surface area contributed by atoms with Crippen LogP contribution in [0.3, 0.4) is 0 Å². The van der Waals surface area contributed by atoms with Crippen molar-refractivity contribution >= 4 is 35.8 Å². The van der Waals surface area contributed by atoms with Gasteiger partial charge < -0.3 is 19.9 Å². The number of benzene rings is 1. The lowest BCUT2D eigenvalue weighted by molar-refractivity contribution is -0.133. The van der Waals surface area contributed by atoms with Crippen molar-refractivity contribution in [3.8, 4) is 5.75 Å². The number of carbonyl (C=O) groups is 2. The van der Waals surface area contributed by atoms with Gasteiger partial charge in [0.25, 0.3) is 5.91 Å². The second-order valence-electron chi connectivity index (χ2n) is 5.86. The molecule has 1 fully saturated rings. The largest absolute Gasteiger partial charge is 0.496 e. The Morgan fingerprint density at radius 2 is 2.16 bits per heavy atom. The predicted octanol–water partition coefficient (Wildman–Crippen LogP) is 2.05. The lowest BCUT2D eigenvalue weighted by Crippen LogP contribution is -2.47. The van der Waals surface area contributed by atoms with Gasteiger partial charge in [0.1, 0.15) is 11.8 Å². The van der Waals surface area contributed by atoms with E-state index in [-0.39, 0.29) is 24.2 Å². The highest BCUT2D eigenvalue weighted by Crippen LogP contribution is 2.28. The summed E-state index contributed by atoms with van der Waals surface area (Å²) in [5.41, 5.74) is 0.391. The highest BCUT2D eigenvalue weighted by atomic mass is 35.5. The first-order valence-corrected chi connectivity index (χ1v) is 8.41. The molecule has 0 radical (unpaired) electrons. The topological polar surface area (TPSA) is 61.9 Å². The fourth-order valence-corrected chi connectivity index (χ4v) is 3.08. The number of hydrogen-bond acceptors (Lipinski definition) is 4. The van der Waals surface area contributed by atoms with Gasteiger partial charge in [0.2, 0.25) is 5.91 Å². The van der Waals surface area contributed by atoms with Gasteiger partial charge in [-0.25, -0.2) is 0 Å². The molecular formula is C17H25Cl2N3O3. The van der Waals surface area contributed by atoms with E-state index in [1.54, 1.807) is 35.0 Å². The van der Waals surface area contributed by atoms with Gasteiger partial charge in [0.05, 0.1) is 12.7 Å². The van der Waals surface area contributed by atoms with Gasteiger partial charge in [0.15, 0.2) is 0 Å². The van der Waals surface area contributed by atoms with E-state index in [1.165, 1.54) is 7.11 Å². The second kappa shape index (κ2) is 9.85. The average molecular weight is 390 g/mol. The Labute approximate surface area is 159 Å². The number of amides is 2. The fourth-order valence-electron chi connectivity index (χ4n) is 2.91. The van der Waals surface area contributed by atoms with E-state index in [2.05, 4.69) is 5.32 Å². The van der Waals surface area contributed by atoms with Gasteiger partial charge in [-0.15, -0.1) is 12.4 Å². The van der Waals surface area contributed by atoms with Gasteiger partial charge in [-0.3, -0.25) is 9.59 Å². The lowest BCUT2D eigenvalue weighted by atomic mass is 10.1. The summed E-state index contributed by atoms with van der Waals surface area (Å²) in [5, 5.41) is 3.48. The summed E-state index contributed by atoms with van der Waals surface area (Å²) < 4.78 is 5.27. The number of ether oxygens (including phenoxy) is 1. The zero-order chi connectivity index (χ0) is 17.7. The third-order valence-corrected chi connectivity index (χ3v) is 4.50. The molecule has 1 aliphatic rings. The molecule has 0 saturated carbocycles. The monoisotopic (exact) mass is 389 g/mol. The minimum Gasteiger partial charge on any atom is -0.496 e. The molecule has 1 atom stereocenters. The molecule has 1 heterocycles. The highest BCUT2D eigenvalue weighted by Gasteiger charge is 2.36. The van der Waals surface area contributed by atoms with E-state index >= 15 is 0 Å². The molecule has 140 valence electrons. The smallest absolute Gasteiger partial charge is 0.258 e. The zero-order valence-electron chi connectivity index (χ0n) is 14.8. The molecule has 8 heteroatoms. The Balaban J connectivity index is 0.00000312. The number of likely N-dealkylation sites (tertiary alicyclic amines) is 1. The first-order chi connectivity index (χ1) is 11.5. The number of halogens is 2. The van der Waals surface area contributed by atoms with Crippen LogP contribution in [-0.2, 0) is 4.79 Å². The average Bonchev–Trinajstić information content (AvgIpc) is 3.07. The SMILES string of the molecule is CNCCN(C)C(=O)C1CCCN1C(=O)c1cc(Cl)ccc1OC.Cl. The highest BCUT2D eigenvalue weighted by molar-refractivity contribution is 6.31. The number of nitrogens with zero attached hydrogens (tertiary/aromatic N) is 2. The third kappa shape index (κ3) is 5.00. The normalized spacial score (nSPS) is 16.3. The van der Waals surface area contributed by atoms with E-state index in [9.17, 15) is 9.59 Å². The van der Waals surface area contributed by atoms with Crippen LogP contribution in [-0.4, -0.2) is 68.5 Å². The molecule has 1 unspecified atom stereocenters. The Morgan fingerprint density at radius 1 is 1.44 bits per heavy atom. The number of methoxy groups -OCH3 is 1. The predicted molar refractivity (Wildman–Crippen MR) is 101 cm³/mol. The van der Waals surface area contributed by atoms with Crippen LogP contribution in [0.4, 0.5) is 0 Å². The molecule has 25 heavy (non-hydrogen) atoms. The second-order valence-corrected chi connectivity index (χ2v) is 6.30. The molecule has 1 N–H and O–H groups in total. The molecule has 2 amide bonds. The fraction of sp³-hybridized carbons (Fsp3) is 0.529. The molecule has 1 saturated heterocycles. The van der Waals surface area contributed by atoms with E-state index in [1.807, 2.05) is 7.05 Å². The zero-order valence-corrected chi connectivity index (χ0v) is 16.3. The summed E-state index contributed by atoms with van der Waals surface area (Å²) in [4.78, 5) is 28.9. The van der Waals surface area contributed by atoms with Crippen LogP contribution in [0.25, 0.3) is 0 Å². The van der Waals surface area contributed by atoms with E-state index in [0.29, 0.717) is 42.4 Å². The van der Waals surface area contributed by atoms with Crippen molar-refractivity contribution in [1.82, 2.24) is 15.1 Å². The van der Waals surface area contributed by atoms with Crippen molar-refractivity contribution in [3.05, 3.63) is 28.8 Å². The minimum atomic E-state index is -0.428. The van der Waals surface area contributed by atoms with Crippen LogP contribution in [0.15, 0.2) is 18.2 Å². The van der Waals surface area contributed by atoms with Crippen molar-refractivity contribution in [2.75, 3.05) is 40.8 Å². The van der Waals surface area contributed by atoms with E-state index in [0.717, 1.165) is 6.42 Å². The standard InChI is InChI=1S/C17H24ClN3O3.ClH/c1-19-8-10-20(2)17(23)14-5-4-9-21(14)16(22)13-11-12(18)6-7-15(13)24-3;/h6-7,11,14,19H,4-5,8-10H2,1-3H3;1H. The molecule has 2 rings (SSSR count). The number of rotatable bonds is 6. The molecule has 6 nitrogen and oxygen atoms in total. The summed E-state index contributed by atoms with van der Waals surface area (Å²) in [5.74, 6) is 0.218. The summed E-state index contributed by atoms with van der Waals surface area (Å²) in [6.07, 6.45) is 1.49. The first-order valence-electron chi connectivity index (χ1n) is 8.03. The van der Waals surface area contributed by atoms with Crippen molar-refractivity contribution < 1.29 is 14.3 Å². The van der Waals surface area contributed by atoms with Gasteiger partial charge in [-0.2, -0.15) is 0 Å². The van der Waals surface area contributed by atoms with Crippen molar-refractivity contribution in [2.45, 2.75) is 18.9 Å². The molecule has 0 bridgehead atoms. The Bertz CT molecular complexity index is 613. The van der Waals surface area contributed by atoms with Crippen LogP contribution in [0.5, 0.6) is 5.75 Å². The van der Waals surface area contributed by atoms with Crippen LogP contribution >= 0.6 is 24.0 Å². The molecule has 0 aliphatic carbocycles. The van der Waals surface area contributed by atoms with Gasteiger partial charge in [0, 0.05) is 31.7 Å². The Hall–Kier alpha value is -1.50. The van der Waals surface area contributed by atoms with E-state index < -0.39 is 6.04 Å². The van der Waals surface area contributed by atoms with Crippen molar-refractivity contribution in [3.63, 3.8) is 0 Å². The number of hydrogen-bond donors (Lipinski definition) is 1. The summed E-state index contributed by atoms with van der Waals surface area (Å²) in [7, 11) is 5.12. The number of likely N-dealkylation sites (N-methyl/N-ethyl adjacent to an activating group) is 2. The molecule has 0 spiro atoms.